The number of halogens is 3. The molecule has 0 aliphatic heterocycles. The van der Waals surface area contributed by atoms with Crippen LogP contribution in [-0.4, -0.2) is 13.4 Å². The highest BCUT2D eigenvalue weighted by Gasteiger charge is 2.21. The molecular formula is C11H11BrF2O2. The molecule has 1 unspecified atom stereocenters. The minimum atomic E-state index is -1.04. The Morgan fingerprint density at radius 1 is 1.50 bits per heavy atom. The molecule has 0 saturated carbocycles. The smallest absolute Gasteiger partial charge is 0.202 e. The number of rotatable bonds is 4. The van der Waals surface area contributed by atoms with Crippen molar-refractivity contribution in [2.75, 3.05) is 7.11 Å². The van der Waals surface area contributed by atoms with Crippen molar-refractivity contribution in [3.8, 4) is 5.75 Å². The van der Waals surface area contributed by atoms with Crippen molar-refractivity contribution in [3.05, 3.63) is 27.7 Å². The molecule has 0 amide bonds. The molecule has 1 rings (SSSR count). The van der Waals surface area contributed by atoms with Crippen LogP contribution >= 0.6 is 15.9 Å². The molecule has 2 nitrogen and oxygen atoms in total. The highest BCUT2D eigenvalue weighted by Crippen LogP contribution is 2.35. The summed E-state index contributed by atoms with van der Waals surface area (Å²) in [6, 6.07) is 1.44. The SMILES string of the molecule is COc1c(Br)cc(C(C)CC=O)c(F)c1F. The van der Waals surface area contributed by atoms with Crippen molar-refractivity contribution in [2.24, 2.45) is 0 Å². The molecule has 0 N–H and O–H groups in total. The van der Waals surface area contributed by atoms with Crippen LogP contribution in [-0.2, 0) is 4.79 Å². The topological polar surface area (TPSA) is 26.3 Å². The van der Waals surface area contributed by atoms with Crippen molar-refractivity contribution in [3.63, 3.8) is 0 Å². The molecule has 1 aromatic rings. The summed E-state index contributed by atoms with van der Waals surface area (Å²) < 4.78 is 32.2. The maximum absolute atomic E-state index is 13.6. The number of methoxy groups -OCH3 is 1. The molecule has 0 aliphatic rings. The average Bonchev–Trinajstić information content (AvgIpc) is 2.24. The van der Waals surface area contributed by atoms with Gasteiger partial charge in [0.05, 0.1) is 11.6 Å². The zero-order chi connectivity index (χ0) is 12.3. The largest absolute Gasteiger partial charge is 0.492 e. The Morgan fingerprint density at radius 3 is 2.62 bits per heavy atom. The molecule has 0 radical (unpaired) electrons. The highest BCUT2D eigenvalue weighted by atomic mass is 79.9. The molecule has 0 aromatic heterocycles. The summed E-state index contributed by atoms with van der Waals surface area (Å²) in [5, 5.41) is 0. The fourth-order valence-corrected chi connectivity index (χ4v) is 2.00. The van der Waals surface area contributed by atoms with Gasteiger partial charge in [0.1, 0.15) is 6.29 Å². The Hall–Kier alpha value is -0.970. The Morgan fingerprint density at radius 2 is 2.12 bits per heavy atom. The molecule has 1 aromatic carbocycles. The van der Waals surface area contributed by atoms with E-state index in [2.05, 4.69) is 15.9 Å². The van der Waals surface area contributed by atoms with Crippen LogP contribution in [0.15, 0.2) is 10.5 Å². The number of hydrogen-bond acceptors (Lipinski definition) is 2. The molecule has 0 aliphatic carbocycles. The first-order valence-electron chi connectivity index (χ1n) is 4.67. The molecule has 5 heteroatoms. The van der Waals surface area contributed by atoms with E-state index in [1.54, 1.807) is 6.92 Å². The van der Waals surface area contributed by atoms with Gasteiger partial charge in [-0.25, -0.2) is 4.39 Å². The van der Waals surface area contributed by atoms with Crippen molar-refractivity contribution < 1.29 is 18.3 Å². The van der Waals surface area contributed by atoms with E-state index in [4.69, 9.17) is 4.74 Å². The second-order valence-electron chi connectivity index (χ2n) is 3.41. The van der Waals surface area contributed by atoms with Crippen LogP contribution in [0.5, 0.6) is 5.75 Å². The van der Waals surface area contributed by atoms with E-state index < -0.39 is 11.6 Å². The molecule has 0 fully saturated rings. The Bertz CT molecular complexity index is 407. The van der Waals surface area contributed by atoms with Crippen molar-refractivity contribution >= 4 is 22.2 Å². The number of carbonyl (C=O) groups excluding carboxylic acids is 1. The zero-order valence-corrected chi connectivity index (χ0v) is 10.5. The number of ether oxygens (including phenoxy) is 1. The van der Waals surface area contributed by atoms with Gasteiger partial charge in [-0.15, -0.1) is 0 Å². The van der Waals surface area contributed by atoms with E-state index in [1.807, 2.05) is 0 Å². The van der Waals surface area contributed by atoms with E-state index in [1.165, 1.54) is 13.2 Å². The van der Waals surface area contributed by atoms with Crippen LogP contribution in [0, 0.1) is 11.6 Å². The quantitative estimate of drug-likeness (QED) is 0.628. The Kier molecular flexibility index (Phi) is 4.41. The van der Waals surface area contributed by atoms with E-state index in [0.29, 0.717) is 10.8 Å². The summed E-state index contributed by atoms with van der Waals surface area (Å²) in [5.74, 6) is -2.53. The van der Waals surface area contributed by atoms with Crippen LogP contribution in [0.25, 0.3) is 0 Å². The normalized spacial score (nSPS) is 12.3. The fourth-order valence-electron chi connectivity index (χ4n) is 1.41. The molecule has 0 bridgehead atoms. The summed E-state index contributed by atoms with van der Waals surface area (Å²) in [6.45, 7) is 1.66. The number of benzene rings is 1. The fraction of sp³-hybridized carbons (Fsp3) is 0.364. The third-order valence-electron chi connectivity index (χ3n) is 2.33. The maximum Gasteiger partial charge on any atom is 0.202 e. The van der Waals surface area contributed by atoms with Crippen molar-refractivity contribution in [1.29, 1.82) is 0 Å². The molecule has 0 spiro atoms. The highest BCUT2D eigenvalue weighted by molar-refractivity contribution is 9.10. The predicted molar refractivity (Wildman–Crippen MR) is 59.7 cm³/mol. The predicted octanol–water partition coefficient (Wildman–Crippen LogP) is 3.43. The van der Waals surface area contributed by atoms with Gasteiger partial charge in [-0.2, -0.15) is 4.39 Å². The first kappa shape index (κ1) is 13.1. The van der Waals surface area contributed by atoms with Gasteiger partial charge in [-0.05, 0) is 33.5 Å². The van der Waals surface area contributed by atoms with Crippen LogP contribution in [0.3, 0.4) is 0 Å². The summed E-state index contributed by atoms with van der Waals surface area (Å²) in [7, 11) is 1.26. The molecule has 88 valence electrons. The summed E-state index contributed by atoms with van der Waals surface area (Å²) in [5.41, 5.74) is 0.164. The molecular weight excluding hydrogens is 282 g/mol. The Balaban J connectivity index is 3.27. The lowest BCUT2D eigenvalue weighted by Crippen LogP contribution is -2.03. The molecule has 0 saturated heterocycles. The zero-order valence-electron chi connectivity index (χ0n) is 8.89. The minimum Gasteiger partial charge on any atom is -0.492 e. The van der Waals surface area contributed by atoms with Gasteiger partial charge in [-0.1, -0.05) is 6.92 Å². The summed E-state index contributed by atoms with van der Waals surface area (Å²) >= 11 is 3.09. The molecule has 0 heterocycles. The number of aldehydes is 1. The lowest BCUT2D eigenvalue weighted by atomic mass is 9.97. The van der Waals surface area contributed by atoms with Gasteiger partial charge >= 0.3 is 0 Å². The van der Waals surface area contributed by atoms with Crippen molar-refractivity contribution in [2.45, 2.75) is 19.3 Å². The maximum atomic E-state index is 13.6. The minimum absolute atomic E-state index is 0.148. The lowest BCUT2D eigenvalue weighted by molar-refractivity contribution is -0.108. The summed E-state index contributed by atoms with van der Waals surface area (Å²) in [4.78, 5) is 10.3. The standard InChI is InChI=1S/C11H11BrF2O2/c1-6(3-4-15)7-5-8(12)11(16-2)10(14)9(7)13/h4-6H,3H2,1-2H3. The molecule has 1 atom stereocenters. The number of hydrogen-bond donors (Lipinski definition) is 0. The van der Waals surface area contributed by atoms with Crippen LogP contribution in [0.1, 0.15) is 24.8 Å². The van der Waals surface area contributed by atoms with E-state index in [-0.39, 0.29) is 23.7 Å². The second-order valence-corrected chi connectivity index (χ2v) is 4.27. The third-order valence-corrected chi connectivity index (χ3v) is 2.92. The van der Waals surface area contributed by atoms with E-state index >= 15 is 0 Å². The van der Waals surface area contributed by atoms with Gasteiger partial charge in [0.25, 0.3) is 0 Å². The van der Waals surface area contributed by atoms with E-state index in [9.17, 15) is 13.6 Å². The van der Waals surface area contributed by atoms with Crippen LogP contribution in [0.2, 0.25) is 0 Å². The van der Waals surface area contributed by atoms with Crippen LogP contribution < -0.4 is 4.74 Å². The van der Waals surface area contributed by atoms with Gasteiger partial charge in [-0.3, -0.25) is 0 Å². The van der Waals surface area contributed by atoms with Gasteiger partial charge in [0.15, 0.2) is 11.6 Å². The van der Waals surface area contributed by atoms with Crippen molar-refractivity contribution in [1.82, 2.24) is 0 Å². The Labute approximate surface area is 101 Å². The first-order valence-corrected chi connectivity index (χ1v) is 5.47. The monoisotopic (exact) mass is 292 g/mol. The van der Waals surface area contributed by atoms with E-state index in [0.717, 1.165) is 0 Å². The van der Waals surface area contributed by atoms with Gasteiger partial charge in [0, 0.05) is 6.42 Å². The van der Waals surface area contributed by atoms with Gasteiger partial charge < -0.3 is 9.53 Å². The van der Waals surface area contributed by atoms with Crippen LogP contribution in [0.4, 0.5) is 8.78 Å². The number of carbonyl (C=O) groups is 1. The second kappa shape index (κ2) is 5.39. The van der Waals surface area contributed by atoms with Gasteiger partial charge in [0.2, 0.25) is 5.82 Å². The first-order chi connectivity index (χ1) is 7.52. The molecule has 16 heavy (non-hydrogen) atoms. The lowest BCUT2D eigenvalue weighted by Gasteiger charge is -2.13. The average molecular weight is 293 g/mol. The third kappa shape index (κ3) is 2.40. The summed E-state index contributed by atoms with van der Waals surface area (Å²) in [6.07, 6.45) is 0.829.